The molecule has 30 heavy (non-hydrogen) atoms. The molecule has 1 aliphatic rings. The summed E-state index contributed by atoms with van der Waals surface area (Å²) in [6, 6.07) is 0.561. The molecule has 0 aliphatic carbocycles. The third kappa shape index (κ3) is 4.61. The Hall–Kier alpha value is -2.96. The SMILES string of the molecule is CCn1ncc(NC(=O)Cn2nc(C(F)F)cc2C(F)F)c1C(=O)N1CCOCC1. The Kier molecular flexibility index (Phi) is 6.70. The molecule has 1 N–H and O–H groups in total. The number of nitrogens with one attached hydrogen (secondary N) is 1. The molecular weight excluding hydrogens is 412 g/mol. The summed E-state index contributed by atoms with van der Waals surface area (Å²) in [5, 5.41) is 9.89. The number of ether oxygens (including phenoxy) is 1. The maximum atomic E-state index is 13.1. The predicted molar refractivity (Wildman–Crippen MR) is 95.4 cm³/mol. The normalized spacial score (nSPS) is 14.6. The first-order valence-electron chi connectivity index (χ1n) is 9.18. The number of nitrogens with zero attached hydrogens (tertiary/aromatic N) is 5. The number of aromatic nitrogens is 4. The van der Waals surface area contributed by atoms with E-state index in [0.29, 0.717) is 43.6 Å². The van der Waals surface area contributed by atoms with Gasteiger partial charge in [0, 0.05) is 19.6 Å². The number of carbonyl (C=O) groups excluding carboxylic acids is 2. The lowest BCUT2D eigenvalue weighted by Gasteiger charge is -2.27. The summed E-state index contributed by atoms with van der Waals surface area (Å²) < 4.78 is 58.9. The highest BCUT2D eigenvalue weighted by Gasteiger charge is 2.27. The number of morpholine rings is 1. The van der Waals surface area contributed by atoms with Gasteiger partial charge in [-0.25, -0.2) is 17.6 Å². The molecule has 3 heterocycles. The Morgan fingerprint density at radius 1 is 1.17 bits per heavy atom. The molecule has 1 saturated heterocycles. The zero-order chi connectivity index (χ0) is 21.8. The van der Waals surface area contributed by atoms with E-state index >= 15 is 0 Å². The van der Waals surface area contributed by atoms with Crippen LogP contribution in [-0.4, -0.2) is 62.6 Å². The molecule has 164 valence electrons. The molecule has 2 aromatic rings. The Labute approximate surface area is 168 Å². The van der Waals surface area contributed by atoms with Gasteiger partial charge in [0.1, 0.15) is 23.6 Å². The number of hydrogen-bond donors (Lipinski definition) is 1. The molecule has 1 fully saturated rings. The van der Waals surface area contributed by atoms with E-state index in [0.717, 1.165) is 0 Å². The van der Waals surface area contributed by atoms with Crippen LogP contribution in [0.5, 0.6) is 0 Å². The van der Waals surface area contributed by atoms with Crippen molar-refractivity contribution in [3.05, 3.63) is 29.3 Å². The minimum absolute atomic E-state index is 0.0955. The maximum Gasteiger partial charge on any atom is 0.282 e. The Bertz CT molecular complexity index is 907. The predicted octanol–water partition coefficient (Wildman–Crippen LogP) is 2.09. The van der Waals surface area contributed by atoms with Crippen molar-refractivity contribution < 1.29 is 31.9 Å². The third-order valence-electron chi connectivity index (χ3n) is 4.48. The maximum absolute atomic E-state index is 13.1. The monoisotopic (exact) mass is 432 g/mol. The minimum Gasteiger partial charge on any atom is -0.378 e. The molecule has 3 rings (SSSR count). The van der Waals surface area contributed by atoms with Crippen LogP contribution < -0.4 is 5.32 Å². The number of carbonyl (C=O) groups is 2. The van der Waals surface area contributed by atoms with Gasteiger partial charge in [-0.15, -0.1) is 0 Å². The first-order valence-corrected chi connectivity index (χ1v) is 9.18. The molecule has 0 spiro atoms. The average Bonchev–Trinajstić information content (AvgIpc) is 3.32. The van der Waals surface area contributed by atoms with E-state index < -0.39 is 36.7 Å². The summed E-state index contributed by atoms with van der Waals surface area (Å²) in [4.78, 5) is 26.8. The summed E-state index contributed by atoms with van der Waals surface area (Å²) in [5.74, 6) is -1.17. The van der Waals surface area contributed by atoms with Gasteiger partial charge in [-0.1, -0.05) is 0 Å². The quantitative estimate of drug-likeness (QED) is 0.677. The van der Waals surface area contributed by atoms with Crippen LogP contribution in [0.4, 0.5) is 23.2 Å². The van der Waals surface area contributed by atoms with Crippen molar-refractivity contribution in [3.63, 3.8) is 0 Å². The number of halogens is 4. The van der Waals surface area contributed by atoms with Crippen molar-refractivity contribution in [2.75, 3.05) is 31.6 Å². The van der Waals surface area contributed by atoms with E-state index in [9.17, 15) is 27.2 Å². The summed E-state index contributed by atoms with van der Waals surface area (Å²) in [6.45, 7) is 2.92. The molecule has 0 radical (unpaired) electrons. The van der Waals surface area contributed by atoms with Crippen molar-refractivity contribution in [2.45, 2.75) is 32.9 Å². The average molecular weight is 432 g/mol. The minimum atomic E-state index is -3.08. The highest BCUT2D eigenvalue weighted by atomic mass is 19.3. The molecule has 2 aromatic heterocycles. The van der Waals surface area contributed by atoms with Crippen LogP contribution in [0.25, 0.3) is 0 Å². The highest BCUT2D eigenvalue weighted by Crippen LogP contribution is 2.25. The van der Waals surface area contributed by atoms with Crippen LogP contribution in [0.2, 0.25) is 0 Å². The summed E-state index contributed by atoms with van der Waals surface area (Å²) in [5.41, 5.74) is -1.41. The van der Waals surface area contributed by atoms with Crippen molar-refractivity contribution in [3.8, 4) is 0 Å². The lowest BCUT2D eigenvalue weighted by molar-refractivity contribution is -0.117. The van der Waals surface area contributed by atoms with Gasteiger partial charge in [-0.3, -0.25) is 19.0 Å². The van der Waals surface area contributed by atoms with E-state index in [2.05, 4.69) is 15.5 Å². The van der Waals surface area contributed by atoms with Gasteiger partial charge in [0.15, 0.2) is 0 Å². The van der Waals surface area contributed by atoms with E-state index in [1.807, 2.05) is 0 Å². The zero-order valence-electron chi connectivity index (χ0n) is 16.0. The molecule has 1 aliphatic heterocycles. The fourth-order valence-electron chi connectivity index (χ4n) is 3.05. The van der Waals surface area contributed by atoms with Gasteiger partial charge in [0.2, 0.25) is 5.91 Å². The van der Waals surface area contributed by atoms with Gasteiger partial charge >= 0.3 is 0 Å². The first kappa shape index (κ1) is 21.7. The fourth-order valence-corrected chi connectivity index (χ4v) is 3.05. The number of rotatable bonds is 7. The number of hydrogen-bond acceptors (Lipinski definition) is 5. The molecule has 0 saturated carbocycles. The van der Waals surface area contributed by atoms with Gasteiger partial charge < -0.3 is 15.0 Å². The zero-order valence-corrected chi connectivity index (χ0v) is 16.0. The first-order chi connectivity index (χ1) is 14.3. The van der Waals surface area contributed by atoms with Crippen molar-refractivity contribution in [1.29, 1.82) is 0 Å². The van der Waals surface area contributed by atoms with Crippen LogP contribution >= 0.6 is 0 Å². The second-order valence-corrected chi connectivity index (χ2v) is 6.43. The van der Waals surface area contributed by atoms with E-state index in [4.69, 9.17) is 4.74 Å². The van der Waals surface area contributed by atoms with Crippen LogP contribution in [0, 0.1) is 0 Å². The van der Waals surface area contributed by atoms with Gasteiger partial charge in [0.25, 0.3) is 18.8 Å². The van der Waals surface area contributed by atoms with Gasteiger partial charge in [-0.2, -0.15) is 10.2 Å². The molecule has 0 unspecified atom stereocenters. The number of anilines is 1. The molecule has 0 aromatic carbocycles. The molecule has 2 amide bonds. The summed E-state index contributed by atoms with van der Waals surface area (Å²) in [6.07, 6.45) is -4.86. The number of amides is 2. The fraction of sp³-hybridized carbons (Fsp3) is 0.529. The van der Waals surface area contributed by atoms with E-state index in [1.165, 1.54) is 10.9 Å². The smallest absolute Gasteiger partial charge is 0.282 e. The standard InChI is InChI=1S/C17H20F4N6O3/c1-2-26-14(17(29)25-3-5-30-6-4-25)11(8-22-26)23-13(28)9-27-12(16(20)21)7-10(24-27)15(18)19/h7-8,15-16H,2-6,9H2,1H3,(H,23,28). The largest absolute Gasteiger partial charge is 0.378 e. The van der Waals surface area contributed by atoms with Gasteiger partial charge in [-0.05, 0) is 13.0 Å². The molecular formula is C17H20F4N6O3. The van der Waals surface area contributed by atoms with Crippen molar-refractivity contribution in [1.82, 2.24) is 24.5 Å². The van der Waals surface area contributed by atoms with Crippen molar-refractivity contribution >= 4 is 17.5 Å². The third-order valence-corrected chi connectivity index (χ3v) is 4.48. The van der Waals surface area contributed by atoms with Gasteiger partial charge in [0.05, 0.1) is 25.1 Å². The molecule has 0 atom stereocenters. The highest BCUT2D eigenvalue weighted by molar-refractivity contribution is 6.02. The molecule has 9 nitrogen and oxygen atoms in total. The van der Waals surface area contributed by atoms with Crippen LogP contribution in [0.3, 0.4) is 0 Å². The second-order valence-electron chi connectivity index (χ2n) is 6.43. The Morgan fingerprint density at radius 2 is 1.87 bits per heavy atom. The molecule has 13 heteroatoms. The topological polar surface area (TPSA) is 94.3 Å². The Balaban J connectivity index is 1.79. The van der Waals surface area contributed by atoms with E-state index in [-0.39, 0.29) is 17.3 Å². The Morgan fingerprint density at radius 3 is 2.47 bits per heavy atom. The molecule has 0 bridgehead atoms. The number of alkyl halides is 4. The lowest BCUT2D eigenvalue weighted by Crippen LogP contribution is -2.41. The second kappa shape index (κ2) is 9.24. The van der Waals surface area contributed by atoms with Crippen LogP contribution in [-0.2, 0) is 22.6 Å². The van der Waals surface area contributed by atoms with E-state index in [1.54, 1.807) is 11.8 Å². The summed E-state index contributed by atoms with van der Waals surface area (Å²) in [7, 11) is 0. The van der Waals surface area contributed by atoms with Crippen molar-refractivity contribution in [2.24, 2.45) is 0 Å². The summed E-state index contributed by atoms with van der Waals surface area (Å²) >= 11 is 0. The lowest BCUT2D eigenvalue weighted by atomic mass is 10.2. The van der Waals surface area contributed by atoms with Crippen LogP contribution in [0.15, 0.2) is 12.3 Å². The number of aryl methyl sites for hydroxylation is 1. The van der Waals surface area contributed by atoms with Crippen LogP contribution in [0.1, 0.15) is 41.7 Å².